The summed E-state index contributed by atoms with van der Waals surface area (Å²) in [6.07, 6.45) is 6.57. The maximum absolute atomic E-state index is 6.23. The fourth-order valence-electron chi connectivity index (χ4n) is 2.54. The molecule has 0 spiro atoms. The zero-order valence-corrected chi connectivity index (χ0v) is 13.6. The molecule has 0 unspecified atom stereocenters. The number of nitrogens with one attached hydrogen (secondary N) is 1. The zero-order valence-electron chi connectivity index (χ0n) is 13.6. The molecular weight excluding hydrogens is 238 g/mol. The van der Waals surface area contributed by atoms with Gasteiger partial charge in [0.2, 0.25) is 0 Å². The molecule has 1 N–H and O–H groups in total. The molecule has 3 nitrogen and oxygen atoms in total. The number of ether oxygens (including phenoxy) is 2. The van der Waals surface area contributed by atoms with Gasteiger partial charge in [0.05, 0.1) is 24.9 Å². The van der Waals surface area contributed by atoms with Crippen molar-refractivity contribution in [3.8, 4) is 0 Å². The molecule has 1 saturated carbocycles. The predicted molar refractivity (Wildman–Crippen MR) is 80.6 cm³/mol. The predicted octanol–water partition coefficient (Wildman–Crippen LogP) is 3.52. The molecule has 1 fully saturated rings. The van der Waals surface area contributed by atoms with Crippen molar-refractivity contribution >= 4 is 0 Å². The second-order valence-electron chi connectivity index (χ2n) is 7.12. The fourth-order valence-corrected chi connectivity index (χ4v) is 2.54. The molecule has 19 heavy (non-hydrogen) atoms. The Morgan fingerprint density at radius 2 is 1.68 bits per heavy atom. The van der Waals surface area contributed by atoms with Crippen molar-refractivity contribution in [1.29, 1.82) is 0 Å². The summed E-state index contributed by atoms with van der Waals surface area (Å²) in [5, 5.41) is 3.62. The molecule has 0 aromatic heterocycles. The van der Waals surface area contributed by atoms with Crippen LogP contribution < -0.4 is 5.32 Å². The Labute approximate surface area is 119 Å². The van der Waals surface area contributed by atoms with Crippen LogP contribution in [0.3, 0.4) is 0 Å². The van der Waals surface area contributed by atoms with E-state index < -0.39 is 0 Å². The fraction of sp³-hybridized carbons (Fsp3) is 1.00. The van der Waals surface area contributed by atoms with Crippen LogP contribution in [0.25, 0.3) is 0 Å². The normalized spacial score (nSPS) is 19.9. The number of rotatable bonds is 7. The summed E-state index contributed by atoms with van der Waals surface area (Å²) >= 11 is 0. The van der Waals surface area contributed by atoms with Gasteiger partial charge in [-0.1, -0.05) is 19.3 Å². The molecule has 0 atom stereocenters. The average molecular weight is 271 g/mol. The van der Waals surface area contributed by atoms with E-state index in [1.165, 1.54) is 32.1 Å². The molecule has 0 aromatic rings. The van der Waals surface area contributed by atoms with Gasteiger partial charge in [0.15, 0.2) is 0 Å². The maximum atomic E-state index is 6.23. The first-order chi connectivity index (χ1) is 8.83. The lowest BCUT2D eigenvalue weighted by atomic mass is 9.84. The van der Waals surface area contributed by atoms with Gasteiger partial charge in [0, 0.05) is 12.1 Å². The average Bonchev–Trinajstić information content (AvgIpc) is 2.33. The van der Waals surface area contributed by atoms with E-state index in [9.17, 15) is 0 Å². The summed E-state index contributed by atoms with van der Waals surface area (Å²) in [6.45, 7) is 13.1. The first-order valence-electron chi connectivity index (χ1n) is 7.84. The topological polar surface area (TPSA) is 30.5 Å². The van der Waals surface area contributed by atoms with Crippen LogP contribution in [-0.2, 0) is 9.47 Å². The van der Waals surface area contributed by atoms with Crippen molar-refractivity contribution < 1.29 is 9.47 Å². The van der Waals surface area contributed by atoms with Crippen LogP contribution in [0.15, 0.2) is 0 Å². The molecule has 0 bridgehead atoms. The highest BCUT2D eigenvalue weighted by molar-refractivity contribution is 4.89. The molecule has 0 heterocycles. The molecule has 0 saturated heterocycles. The van der Waals surface area contributed by atoms with Gasteiger partial charge < -0.3 is 14.8 Å². The highest BCUT2D eigenvalue weighted by atomic mass is 16.5. The molecule has 0 aromatic carbocycles. The van der Waals surface area contributed by atoms with Crippen LogP contribution in [0.5, 0.6) is 0 Å². The van der Waals surface area contributed by atoms with Crippen LogP contribution in [0.1, 0.15) is 66.7 Å². The van der Waals surface area contributed by atoms with Gasteiger partial charge in [-0.05, 0) is 47.5 Å². The van der Waals surface area contributed by atoms with Gasteiger partial charge in [0.25, 0.3) is 0 Å². The smallest absolute Gasteiger partial charge is 0.0807 e. The third-order valence-corrected chi connectivity index (χ3v) is 3.65. The summed E-state index contributed by atoms with van der Waals surface area (Å²) in [5.74, 6) is 0. The van der Waals surface area contributed by atoms with E-state index >= 15 is 0 Å². The Bertz CT molecular complexity index is 240. The summed E-state index contributed by atoms with van der Waals surface area (Å²) in [7, 11) is 0. The lowest BCUT2D eigenvalue weighted by molar-refractivity contribution is -0.0936. The minimum atomic E-state index is 0.0336. The largest absolute Gasteiger partial charge is 0.376 e. The van der Waals surface area contributed by atoms with Crippen LogP contribution in [-0.4, -0.2) is 37.0 Å². The van der Waals surface area contributed by atoms with E-state index in [4.69, 9.17) is 9.47 Å². The highest BCUT2D eigenvalue weighted by Gasteiger charge is 2.33. The van der Waals surface area contributed by atoms with Crippen LogP contribution >= 0.6 is 0 Å². The van der Waals surface area contributed by atoms with Crippen molar-refractivity contribution in [2.24, 2.45) is 0 Å². The van der Waals surface area contributed by atoms with Gasteiger partial charge >= 0.3 is 0 Å². The van der Waals surface area contributed by atoms with Crippen LogP contribution in [0, 0.1) is 0 Å². The molecule has 3 heteroatoms. The maximum Gasteiger partial charge on any atom is 0.0807 e. The third kappa shape index (κ3) is 7.28. The Morgan fingerprint density at radius 3 is 2.21 bits per heavy atom. The summed E-state index contributed by atoms with van der Waals surface area (Å²) < 4.78 is 11.8. The summed E-state index contributed by atoms with van der Waals surface area (Å²) in [6, 6.07) is 0. The van der Waals surface area contributed by atoms with Crippen LogP contribution in [0.2, 0.25) is 0 Å². The standard InChI is InChI=1S/C16H33NO2/c1-14(2)18-11-12-19-16(9-7-6-8-10-16)13-17-15(3,4)5/h14,17H,6-13H2,1-5H3. The van der Waals surface area contributed by atoms with Gasteiger partial charge in [0.1, 0.15) is 0 Å². The lowest BCUT2D eigenvalue weighted by Gasteiger charge is -2.39. The lowest BCUT2D eigenvalue weighted by Crippen LogP contribution is -2.50. The molecule has 0 amide bonds. The second-order valence-corrected chi connectivity index (χ2v) is 7.12. The third-order valence-electron chi connectivity index (χ3n) is 3.65. The van der Waals surface area contributed by atoms with E-state index in [0.29, 0.717) is 19.3 Å². The number of hydrogen-bond acceptors (Lipinski definition) is 3. The van der Waals surface area contributed by atoms with E-state index in [1.807, 2.05) is 0 Å². The van der Waals surface area contributed by atoms with E-state index in [0.717, 1.165) is 6.54 Å². The first kappa shape index (κ1) is 16.9. The zero-order chi connectivity index (χ0) is 14.4. The molecule has 1 rings (SSSR count). The minimum Gasteiger partial charge on any atom is -0.376 e. The number of hydrogen-bond donors (Lipinski definition) is 1. The Morgan fingerprint density at radius 1 is 1.05 bits per heavy atom. The summed E-state index contributed by atoms with van der Waals surface area (Å²) in [4.78, 5) is 0. The molecule has 0 radical (unpaired) electrons. The molecule has 1 aliphatic carbocycles. The van der Waals surface area contributed by atoms with Crippen molar-refractivity contribution in [3.05, 3.63) is 0 Å². The Balaban J connectivity index is 2.41. The van der Waals surface area contributed by atoms with Crippen molar-refractivity contribution in [3.63, 3.8) is 0 Å². The molecule has 114 valence electrons. The molecule has 1 aliphatic rings. The van der Waals surface area contributed by atoms with E-state index in [1.54, 1.807) is 0 Å². The van der Waals surface area contributed by atoms with Gasteiger partial charge in [-0.25, -0.2) is 0 Å². The van der Waals surface area contributed by atoms with Crippen molar-refractivity contribution in [2.75, 3.05) is 19.8 Å². The van der Waals surface area contributed by atoms with E-state index in [2.05, 4.69) is 39.9 Å². The van der Waals surface area contributed by atoms with Crippen molar-refractivity contribution in [2.45, 2.75) is 84.0 Å². The minimum absolute atomic E-state index is 0.0336. The summed E-state index contributed by atoms with van der Waals surface area (Å²) in [5.41, 5.74) is 0.189. The van der Waals surface area contributed by atoms with Crippen molar-refractivity contribution in [1.82, 2.24) is 5.32 Å². The second kappa shape index (κ2) is 7.61. The molecular formula is C16H33NO2. The van der Waals surface area contributed by atoms with Gasteiger partial charge in [-0.2, -0.15) is 0 Å². The van der Waals surface area contributed by atoms with E-state index in [-0.39, 0.29) is 11.1 Å². The highest BCUT2D eigenvalue weighted by Crippen LogP contribution is 2.31. The quantitative estimate of drug-likeness (QED) is 0.719. The Kier molecular flexibility index (Phi) is 6.78. The Hall–Kier alpha value is -0.120. The first-order valence-corrected chi connectivity index (χ1v) is 7.84. The monoisotopic (exact) mass is 271 g/mol. The SMILES string of the molecule is CC(C)OCCOC1(CNC(C)(C)C)CCCCC1. The van der Waals surface area contributed by atoms with Crippen LogP contribution in [0.4, 0.5) is 0 Å². The van der Waals surface area contributed by atoms with Gasteiger partial charge in [-0.15, -0.1) is 0 Å². The van der Waals surface area contributed by atoms with Gasteiger partial charge in [-0.3, -0.25) is 0 Å². The molecule has 0 aliphatic heterocycles.